The Morgan fingerprint density at radius 3 is 2.29 bits per heavy atom. The predicted octanol–water partition coefficient (Wildman–Crippen LogP) is 5.11. The summed E-state index contributed by atoms with van der Waals surface area (Å²) in [6, 6.07) is 3.52. The standard InChI is InChI=1S/C18H18Cl2N4O2S2/c1-25-12-6-13(26-2)16(20)14(15(12)19)10-5-9-7-21-18(27-3)24-17(9)11(23-10)8-22-28-4/h5-7,22H,8H2,1-4H3. The maximum Gasteiger partial charge on any atom is 0.187 e. The number of rotatable bonds is 7. The molecule has 0 aliphatic heterocycles. The number of fused-ring (bicyclic) bond motifs is 1. The lowest BCUT2D eigenvalue weighted by Gasteiger charge is -2.16. The van der Waals surface area contributed by atoms with E-state index >= 15 is 0 Å². The van der Waals surface area contributed by atoms with Crippen LogP contribution >= 0.6 is 46.9 Å². The number of hydrogen-bond donors (Lipinski definition) is 1. The van der Waals surface area contributed by atoms with Crippen molar-refractivity contribution >= 4 is 57.8 Å². The van der Waals surface area contributed by atoms with Crippen molar-refractivity contribution in [3.05, 3.63) is 34.1 Å². The molecule has 3 rings (SSSR count). The van der Waals surface area contributed by atoms with Crippen LogP contribution in [0.3, 0.4) is 0 Å². The van der Waals surface area contributed by atoms with E-state index < -0.39 is 0 Å². The molecule has 0 saturated carbocycles. The highest BCUT2D eigenvalue weighted by Gasteiger charge is 2.21. The summed E-state index contributed by atoms with van der Waals surface area (Å²) in [5.74, 6) is 0.912. The smallest absolute Gasteiger partial charge is 0.187 e. The van der Waals surface area contributed by atoms with Gasteiger partial charge in [0.25, 0.3) is 0 Å². The fourth-order valence-corrected chi connectivity index (χ4v) is 4.01. The number of benzene rings is 1. The Labute approximate surface area is 181 Å². The highest BCUT2D eigenvalue weighted by atomic mass is 35.5. The van der Waals surface area contributed by atoms with Crippen LogP contribution in [0.1, 0.15) is 5.69 Å². The molecule has 10 heteroatoms. The molecule has 0 radical (unpaired) electrons. The molecule has 0 spiro atoms. The van der Waals surface area contributed by atoms with Crippen LogP contribution in [0, 0.1) is 0 Å². The van der Waals surface area contributed by atoms with Crippen molar-refractivity contribution in [1.82, 2.24) is 19.7 Å². The average molecular weight is 457 g/mol. The van der Waals surface area contributed by atoms with Crippen molar-refractivity contribution in [3.63, 3.8) is 0 Å². The molecule has 0 aliphatic carbocycles. The minimum atomic E-state index is 0.366. The highest BCUT2D eigenvalue weighted by molar-refractivity contribution is 7.98. The maximum absolute atomic E-state index is 6.57. The van der Waals surface area contributed by atoms with Crippen molar-refractivity contribution in [1.29, 1.82) is 0 Å². The second-order valence-electron chi connectivity index (χ2n) is 5.56. The third-order valence-electron chi connectivity index (χ3n) is 4.01. The van der Waals surface area contributed by atoms with Crippen LogP contribution in [0.2, 0.25) is 10.0 Å². The van der Waals surface area contributed by atoms with E-state index in [1.165, 1.54) is 37.9 Å². The molecule has 0 aliphatic rings. The third kappa shape index (κ3) is 4.11. The molecule has 1 N–H and O–H groups in total. The van der Waals surface area contributed by atoms with E-state index in [4.69, 9.17) is 37.7 Å². The summed E-state index contributed by atoms with van der Waals surface area (Å²) in [6.45, 7) is 0.521. The van der Waals surface area contributed by atoms with Crippen molar-refractivity contribution in [3.8, 4) is 22.8 Å². The molecular formula is C18H18Cl2N4O2S2. The van der Waals surface area contributed by atoms with Gasteiger partial charge < -0.3 is 9.47 Å². The van der Waals surface area contributed by atoms with E-state index in [0.29, 0.717) is 44.5 Å². The van der Waals surface area contributed by atoms with Gasteiger partial charge in [0.2, 0.25) is 0 Å². The molecule has 0 bridgehead atoms. The number of nitrogens with one attached hydrogen (secondary N) is 1. The molecule has 2 heterocycles. The van der Waals surface area contributed by atoms with Gasteiger partial charge in [-0.3, -0.25) is 4.72 Å². The predicted molar refractivity (Wildman–Crippen MR) is 118 cm³/mol. The quantitative estimate of drug-likeness (QED) is 0.298. The molecule has 1 aromatic carbocycles. The van der Waals surface area contributed by atoms with Crippen LogP contribution in [-0.2, 0) is 6.54 Å². The van der Waals surface area contributed by atoms with Gasteiger partial charge in [-0.2, -0.15) is 0 Å². The monoisotopic (exact) mass is 456 g/mol. The Morgan fingerprint density at radius 2 is 1.71 bits per heavy atom. The molecule has 148 valence electrons. The Balaban J connectivity index is 2.29. The molecule has 0 fully saturated rings. The van der Waals surface area contributed by atoms with Crippen LogP contribution in [0.25, 0.3) is 22.2 Å². The Morgan fingerprint density at radius 1 is 1.04 bits per heavy atom. The van der Waals surface area contributed by atoms with Crippen LogP contribution < -0.4 is 14.2 Å². The Kier molecular flexibility index (Phi) is 7.11. The summed E-state index contributed by atoms with van der Waals surface area (Å²) in [5, 5.41) is 2.26. The number of aromatic nitrogens is 3. The lowest BCUT2D eigenvalue weighted by atomic mass is 10.1. The van der Waals surface area contributed by atoms with E-state index in [2.05, 4.69) is 14.7 Å². The first-order valence-electron chi connectivity index (χ1n) is 8.10. The normalized spacial score (nSPS) is 11.1. The molecule has 0 atom stereocenters. The molecule has 6 nitrogen and oxygen atoms in total. The molecular weight excluding hydrogens is 439 g/mol. The molecule has 2 aromatic heterocycles. The van der Waals surface area contributed by atoms with Gasteiger partial charge in [-0.15, -0.1) is 0 Å². The van der Waals surface area contributed by atoms with Crippen LogP contribution in [0.4, 0.5) is 0 Å². The number of thioether (sulfide) groups is 1. The molecule has 0 saturated heterocycles. The largest absolute Gasteiger partial charge is 0.495 e. The van der Waals surface area contributed by atoms with E-state index in [9.17, 15) is 0 Å². The van der Waals surface area contributed by atoms with Crippen molar-refractivity contribution in [2.45, 2.75) is 11.7 Å². The maximum atomic E-state index is 6.57. The van der Waals surface area contributed by atoms with Gasteiger partial charge in [-0.25, -0.2) is 15.0 Å². The lowest BCUT2D eigenvalue weighted by molar-refractivity contribution is 0.395. The number of halogens is 2. The topological polar surface area (TPSA) is 69.2 Å². The first kappa shape index (κ1) is 21.3. The number of hydrogen-bond acceptors (Lipinski definition) is 8. The second-order valence-corrected chi connectivity index (χ2v) is 7.78. The minimum Gasteiger partial charge on any atom is -0.495 e. The summed E-state index contributed by atoms with van der Waals surface area (Å²) in [5.41, 5.74) is 2.69. The molecule has 0 amide bonds. The molecule has 3 aromatic rings. The van der Waals surface area contributed by atoms with Gasteiger partial charge in [0, 0.05) is 23.2 Å². The van der Waals surface area contributed by atoms with E-state index in [-0.39, 0.29) is 0 Å². The Bertz CT molecular complexity index is 993. The van der Waals surface area contributed by atoms with Gasteiger partial charge >= 0.3 is 0 Å². The number of ether oxygens (including phenoxy) is 2. The van der Waals surface area contributed by atoms with Gasteiger partial charge in [0.05, 0.1) is 47.7 Å². The lowest BCUT2D eigenvalue weighted by Crippen LogP contribution is -2.07. The van der Waals surface area contributed by atoms with Gasteiger partial charge in [0.1, 0.15) is 11.5 Å². The van der Waals surface area contributed by atoms with E-state index in [1.807, 2.05) is 18.6 Å². The number of methoxy groups -OCH3 is 2. The van der Waals surface area contributed by atoms with Crippen molar-refractivity contribution in [2.75, 3.05) is 26.7 Å². The zero-order valence-corrected chi connectivity index (χ0v) is 18.8. The third-order valence-corrected chi connectivity index (χ3v) is 5.76. The second kappa shape index (κ2) is 9.37. The summed E-state index contributed by atoms with van der Waals surface area (Å²) >= 11 is 16.1. The number of nitrogens with zero attached hydrogens (tertiary/aromatic N) is 3. The fourth-order valence-electron chi connectivity index (χ4n) is 2.69. The van der Waals surface area contributed by atoms with Crippen molar-refractivity contribution in [2.24, 2.45) is 0 Å². The minimum absolute atomic E-state index is 0.366. The average Bonchev–Trinajstić information content (AvgIpc) is 2.72. The molecule has 0 unspecified atom stereocenters. The van der Waals surface area contributed by atoms with E-state index in [1.54, 1.807) is 12.3 Å². The number of pyridine rings is 1. The zero-order valence-electron chi connectivity index (χ0n) is 15.7. The zero-order chi connectivity index (χ0) is 20.3. The van der Waals surface area contributed by atoms with Crippen LogP contribution in [0.15, 0.2) is 23.5 Å². The molecule has 28 heavy (non-hydrogen) atoms. The van der Waals surface area contributed by atoms with Crippen LogP contribution in [-0.4, -0.2) is 41.7 Å². The first-order valence-corrected chi connectivity index (χ1v) is 11.3. The van der Waals surface area contributed by atoms with Crippen LogP contribution in [0.5, 0.6) is 11.5 Å². The fraction of sp³-hybridized carbons (Fsp3) is 0.278. The van der Waals surface area contributed by atoms with Gasteiger partial charge in [0.15, 0.2) is 5.16 Å². The summed E-state index contributed by atoms with van der Waals surface area (Å²) in [7, 11) is 3.08. The van der Waals surface area contributed by atoms with Crippen molar-refractivity contribution < 1.29 is 9.47 Å². The summed E-state index contributed by atoms with van der Waals surface area (Å²) in [4.78, 5) is 13.8. The first-order chi connectivity index (χ1) is 13.5. The van der Waals surface area contributed by atoms with Gasteiger partial charge in [-0.05, 0) is 18.6 Å². The summed E-state index contributed by atoms with van der Waals surface area (Å²) < 4.78 is 14.0. The van der Waals surface area contributed by atoms with E-state index in [0.717, 1.165) is 16.6 Å². The summed E-state index contributed by atoms with van der Waals surface area (Å²) in [6.07, 6.45) is 5.67. The SMILES string of the molecule is COc1cc(OC)c(Cl)c(-c2cc3cnc(SC)nc3c(CNSC)n2)c1Cl. The highest BCUT2D eigenvalue weighted by Crippen LogP contribution is 2.45. The van der Waals surface area contributed by atoms with Gasteiger partial charge in [-0.1, -0.05) is 46.9 Å². The Hall–Kier alpha value is -1.45.